The fourth-order valence-electron chi connectivity index (χ4n) is 3.48. The van der Waals surface area contributed by atoms with Gasteiger partial charge in [-0.25, -0.2) is 10.4 Å². The number of hydrogen-bond acceptors (Lipinski definition) is 8. The van der Waals surface area contributed by atoms with Gasteiger partial charge in [-0.2, -0.15) is 20.1 Å². The first-order valence-corrected chi connectivity index (χ1v) is 11.2. The van der Waals surface area contributed by atoms with Crippen molar-refractivity contribution < 1.29 is 4.74 Å². The third-order valence-corrected chi connectivity index (χ3v) is 5.00. The van der Waals surface area contributed by atoms with Gasteiger partial charge in [0.2, 0.25) is 5.95 Å². The van der Waals surface area contributed by atoms with Crippen molar-refractivity contribution >= 4 is 29.0 Å². The minimum atomic E-state index is 0.266. The van der Waals surface area contributed by atoms with E-state index in [0.29, 0.717) is 25.0 Å². The summed E-state index contributed by atoms with van der Waals surface area (Å²) in [4.78, 5) is 23.0. The SMILES string of the molecule is CCCN(CCC)c1nc(N/N=C/c2c[nH]c3ccccc23)nc(OCCn2ccnc2)n1. The fraction of sp³-hybridized carbons (Fsp3) is 0.348. The van der Waals surface area contributed by atoms with Crippen LogP contribution in [0.15, 0.2) is 54.3 Å². The largest absolute Gasteiger partial charge is 0.461 e. The molecule has 0 aliphatic rings. The number of benzene rings is 1. The minimum absolute atomic E-state index is 0.266. The number of imidazole rings is 1. The number of aromatic amines is 1. The van der Waals surface area contributed by atoms with Gasteiger partial charge in [-0.15, -0.1) is 0 Å². The molecule has 0 aliphatic heterocycles. The molecular formula is C23H29N9O. The topological polar surface area (TPSA) is 109 Å². The van der Waals surface area contributed by atoms with Gasteiger partial charge < -0.3 is 19.2 Å². The summed E-state index contributed by atoms with van der Waals surface area (Å²) in [5.41, 5.74) is 4.98. The van der Waals surface area contributed by atoms with E-state index in [1.807, 2.05) is 41.2 Å². The Morgan fingerprint density at radius 1 is 1.15 bits per heavy atom. The van der Waals surface area contributed by atoms with Crippen LogP contribution in [0.25, 0.3) is 10.9 Å². The van der Waals surface area contributed by atoms with Gasteiger partial charge in [-0.05, 0) is 18.9 Å². The number of hydrazone groups is 1. The number of H-pyrrole nitrogens is 1. The number of para-hydroxylation sites is 1. The van der Waals surface area contributed by atoms with Crippen LogP contribution in [0.4, 0.5) is 11.9 Å². The summed E-state index contributed by atoms with van der Waals surface area (Å²) >= 11 is 0. The Hall–Kier alpha value is -3.95. The molecule has 0 bridgehead atoms. The molecule has 1 aromatic carbocycles. The summed E-state index contributed by atoms with van der Waals surface area (Å²) in [6.45, 7) is 7.04. The van der Waals surface area contributed by atoms with Gasteiger partial charge in [0, 0.05) is 48.1 Å². The minimum Gasteiger partial charge on any atom is -0.461 e. The molecule has 172 valence electrons. The van der Waals surface area contributed by atoms with Crippen LogP contribution in [0, 0.1) is 0 Å². The molecule has 10 heteroatoms. The molecule has 3 aromatic heterocycles. The van der Waals surface area contributed by atoms with Crippen molar-refractivity contribution in [3.63, 3.8) is 0 Å². The molecular weight excluding hydrogens is 418 g/mol. The van der Waals surface area contributed by atoms with Crippen molar-refractivity contribution in [3.05, 3.63) is 54.7 Å². The number of nitrogens with one attached hydrogen (secondary N) is 2. The van der Waals surface area contributed by atoms with Gasteiger partial charge >= 0.3 is 6.01 Å². The molecule has 4 aromatic rings. The van der Waals surface area contributed by atoms with Gasteiger partial charge in [0.25, 0.3) is 5.95 Å². The lowest BCUT2D eigenvalue weighted by Crippen LogP contribution is -2.27. The highest BCUT2D eigenvalue weighted by atomic mass is 16.5. The highest BCUT2D eigenvalue weighted by molar-refractivity contribution is 5.99. The predicted molar refractivity (Wildman–Crippen MR) is 130 cm³/mol. The summed E-state index contributed by atoms with van der Waals surface area (Å²) in [5, 5.41) is 5.45. The summed E-state index contributed by atoms with van der Waals surface area (Å²) in [6, 6.07) is 8.34. The maximum atomic E-state index is 5.84. The van der Waals surface area contributed by atoms with Gasteiger partial charge in [0.1, 0.15) is 6.61 Å². The molecule has 2 N–H and O–H groups in total. The van der Waals surface area contributed by atoms with Crippen molar-refractivity contribution in [1.29, 1.82) is 0 Å². The summed E-state index contributed by atoms with van der Waals surface area (Å²) in [6.07, 6.45) is 11.0. The van der Waals surface area contributed by atoms with Crippen LogP contribution < -0.4 is 15.1 Å². The molecule has 3 heterocycles. The molecule has 0 spiro atoms. The summed E-state index contributed by atoms with van der Waals surface area (Å²) < 4.78 is 7.78. The zero-order valence-electron chi connectivity index (χ0n) is 19.0. The van der Waals surface area contributed by atoms with E-state index in [4.69, 9.17) is 4.74 Å². The van der Waals surface area contributed by atoms with Crippen molar-refractivity contribution in [2.45, 2.75) is 33.2 Å². The summed E-state index contributed by atoms with van der Waals surface area (Å²) in [7, 11) is 0. The quantitative estimate of drug-likeness (QED) is 0.252. The first-order chi connectivity index (χ1) is 16.3. The van der Waals surface area contributed by atoms with Crippen LogP contribution in [-0.4, -0.2) is 55.4 Å². The van der Waals surface area contributed by atoms with E-state index in [9.17, 15) is 0 Å². The standard InChI is InChI=1S/C23H29N9O/c1-3-10-32(11-4-2)22-27-21(28-23(29-22)33-14-13-31-12-9-24-17-31)30-26-16-18-15-25-20-8-6-5-7-19(18)20/h5-9,12,15-17,25H,3-4,10-11,13-14H2,1-2H3,(H,27,28,29,30)/b26-16+. The predicted octanol–water partition coefficient (Wildman–Crippen LogP) is 3.70. The van der Waals surface area contributed by atoms with E-state index in [0.717, 1.165) is 42.4 Å². The van der Waals surface area contributed by atoms with E-state index >= 15 is 0 Å². The van der Waals surface area contributed by atoms with Gasteiger partial charge in [-0.1, -0.05) is 32.0 Å². The van der Waals surface area contributed by atoms with Gasteiger partial charge in [0.15, 0.2) is 0 Å². The number of aromatic nitrogens is 6. The Bertz CT molecular complexity index is 1160. The van der Waals surface area contributed by atoms with Crippen LogP contribution in [0.3, 0.4) is 0 Å². The number of hydrogen-bond donors (Lipinski definition) is 2. The Labute approximate surface area is 192 Å². The Morgan fingerprint density at radius 3 is 2.79 bits per heavy atom. The normalized spacial score (nSPS) is 11.3. The van der Waals surface area contributed by atoms with Gasteiger partial charge in [-0.3, -0.25) is 0 Å². The third-order valence-electron chi connectivity index (χ3n) is 5.00. The number of fused-ring (bicyclic) bond motifs is 1. The zero-order chi connectivity index (χ0) is 22.9. The van der Waals surface area contributed by atoms with Crippen LogP contribution in [0.5, 0.6) is 6.01 Å². The molecule has 0 saturated heterocycles. The van der Waals surface area contributed by atoms with Crippen LogP contribution >= 0.6 is 0 Å². The molecule has 0 radical (unpaired) electrons. The Morgan fingerprint density at radius 2 is 2.00 bits per heavy atom. The first kappa shape index (κ1) is 22.3. The van der Waals surface area contributed by atoms with Crippen molar-refractivity contribution in [2.75, 3.05) is 30.0 Å². The smallest absolute Gasteiger partial charge is 0.323 e. The van der Waals surface area contributed by atoms with E-state index in [-0.39, 0.29) is 6.01 Å². The van der Waals surface area contributed by atoms with E-state index in [1.54, 1.807) is 18.7 Å². The molecule has 4 rings (SSSR count). The highest BCUT2D eigenvalue weighted by Gasteiger charge is 2.13. The zero-order valence-corrected chi connectivity index (χ0v) is 19.0. The Balaban J connectivity index is 1.52. The number of anilines is 2. The van der Waals surface area contributed by atoms with Gasteiger partial charge in [0.05, 0.1) is 19.1 Å². The Kier molecular flexibility index (Phi) is 7.47. The first-order valence-electron chi connectivity index (χ1n) is 11.2. The molecule has 0 saturated carbocycles. The second-order valence-corrected chi connectivity index (χ2v) is 7.54. The maximum Gasteiger partial charge on any atom is 0.323 e. The van der Waals surface area contributed by atoms with E-state index < -0.39 is 0 Å². The molecule has 0 unspecified atom stereocenters. The van der Waals surface area contributed by atoms with E-state index in [1.165, 1.54) is 0 Å². The molecule has 0 fully saturated rings. The monoisotopic (exact) mass is 447 g/mol. The fourth-order valence-corrected chi connectivity index (χ4v) is 3.48. The second-order valence-electron chi connectivity index (χ2n) is 7.54. The maximum absolute atomic E-state index is 5.84. The lowest BCUT2D eigenvalue weighted by atomic mass is 10.2. The molecule has 0 amide bonds. The van der Waals surface area contributed by atoms with Crippen molar-refractivity contribution in [3.8, 4) is 6.01 Å². The lowest BCUT2D eigenvalue weighted by Gasteiger charge is -2.21. The molecule has 0 atom stereocenters. The molecule has 33 heavy (non-hydrogen) atoms. The summed E-state index contributed by atoms with van der Waals surface area (Å²) in [5.74, 6) is 0.919. The van der Waals surface area contributed by atoms with Crippen molar-refractivity contribution in [2.24, 2.45) is 5.10 Å². The molecule has 0 aliphatic carbocycles. The third kappa shape index (κ3) is 5.85. The number of nitrogens with zero attached hydrogens (tertiary/aromatic N) is 7. The number of rotatable bonds is 12. The highest BCUT2D eigenvalue weighted by Crippen LogP contribution is 2.18. The lowest BCUT2D eigenvalue weighted by molar-refractivity contribution is 0.275. The van der Waals surface area contributed by atoms with Crippen LogP contribution in [-0.2, 0) is 6.54 Å². The van der Waals surface area contributed by atoms with Crippen molar-refractivity contribution in [1.82, 2.24) is 29.5 Å². The second kappa shape index (κ2) is 11.1. The number of ether oxygens (including phenoxy) is 1. The molecule has 10 nitrogen and oxygen atoms in total. The van der Waals surface area contributed by atoms with E-state index in [2.05, 4.69) is 54.2 Å². The van der Waals surface area contributed by atoms with Crippen LogP contribution in [0.2, 0.25) is 0 Å². The average molecular weight is 448 g/mol. The average Bonchev–Trinajstić information content (AvgIpc) is 3.49. The van der Waals surface area contributed by atoms with Crippen LogP contribution in [0.1, 0.15) is 32.3 Å².